The van der Waals surface area contributed by atoms with E-state index in [1.165, 1.54) is 33.4 Å². The molecule has 2 atom stereocenters. The molecule has 2 unspecified atom stereocenters. The van der Waals surface area contributed by atoms with Gasteiger partial charge in [-0.15, -0.1) is 13.2 Å². The molecule has 1 heterocycles. The molecule has 2 nitrogen and oxygen atoms in total. The summed E-state index contributed by atoms with van der Waals surface area (Å²) in [6.07, 6.45) is 15.1. The second-order valence-corrected chi connectivity index (χ2v) is 12.7. The Kier molecular flexibility index (Phi) is 13.9. The van der Waals surface area contributed by atoms with Gasteiger partial charge in [0.05, 0.1) is 0 Å². The van der Waals surface area contributed by atoms with Crippen LogP contribution in [0.3, 0.4) is 0 Å². The summed E-state index contributed by atoms with van der Waals surface area (Å²) < 4.78 is 0. The molecule has 0 spiro atoms. The van der Waals surface area contributed by atoms with Crippen molar-refractivity contribution < 1.29 is 4.79 Å². The van der Waals surface area contributed by atoms with Crippen LogP contribution in [0, 0.1) is 11.8 Å². The van der Waals surface area contributed by atoms with Gasteiger partial charge in [-0.2, -0.15) is 0 Å². The topological polar surface area (TPSA) is 20.3 Å². The monoisotopic (exact) mass is 579 g/mol. The van der Waals surface area contributed by atoms with Crippen molar-refractivity contribution >= 4 is 11.9 Å². The van der Waals surface area contributed by atoms with Gasteiger partial charge in [-0.1, -0.05) is 106 Å². The van der Waals surface area contributed by atoms with Crippen molar-refractivity contribution in [2.24, 2.45) is 11.8 Å². The number of allylic oxidation sites excluding steroid dienone is 4. The number of piperidine rings is 1. The lowest BCUT2D eigenvalue weighted by Crippen LogP contribution is -2.43. The molecule has 2 aromatic rings. The zero-order valence-corrected chi connectivity index (χ0v) is 28.0. The number of nitrogens with zero attached hydrogens (tertiary/aromatic N) is 1. The largest absolute Gasteiger partial charge is 0.299 e. The summed E-state index contributed by atoms with van der Waals surface area (Å²) in [4.78, 5) is 15.8. The number of hydrogen-bond donors (Lipinski definition) is 0. The van der Waals surface area contributed by atoms with E-state index in [1.807, 2.05) is 13.8 Å². The SMILES string of the molecule is C=C.CC.CC1=CC=C(CCC(=O)C2CCN(C(C)C3=Cc4ccccc4CC3c3ccccc3CC(C)C)CC2)CC1. The summed E-state index contributed by atoms with van der Waals surface area (Å²) in [5, 5.41) is 0. The first-order valence-electron chi connectivity index (χ1n) is 16.9. The molecule has 5 rings (SSSR count). The number of fused-ring (bicyclic) bond motifs is 1. The molecule has 0 radical (unpaired) electrons. The second kappa shape index (κ2) is 17.4. The predicted octanol–water partition coefficient (Wildman–Crippen LogP) is 10.6. The molecule has 0 bridgehead atoms. The third kappa shape index (κ3) is 9.26. The summed E-state index contributed by atoms with van der Waals surface area (Å²) >= 11 is 0. The molecule has 0 saturated carbocycles. The highest BCUT2D eigenvalue weighted by molar-refractivity contribution is 5.81. The molecule has 2 aliphatic carbocycles. The summed E-state index contributed by atoms with van der Waals surface area (Å²) in [6, 6.07) is 18.5. The fourth-order valence-electron chi connectivity index (χ4n) is 6.98. The highest BCUT2D eigenvalue weighted by Gasteiger charge is 2.33. The first-order chi connectivity index (χ1) is 20.9. The van der Waals surface area contributed by atoms with Crippen molar-refractivity contribution in [3.63, 3.8) is 0 Å². The first kappa shape index (κ1) is 34.5. The number of Topliss-reactive ketones (excluding diaryl/α,β-unsaturated/α-hetero) is 1. The fraction of sp³-hybridized carbons (Fsp3) is 0.488. The van der Waals surface area contributed by atoms with Crippen molar-refractivity contribution in [2.45, 2.75) is 105 Å². The molecule has 0 amide bonds. The van der Waals surface area contributed by atoms with Gasteiger partial charge in [0.1, 0.15) is 5.78 Å². The second-order valence-electron chi connectivity index (χ2n) is 12.7. The minimum atomic E-state index is 0.235. The Morgan fingerprint density at radius 3 is 2.28 bits per heavy atom. The number of carbonyl (C=O) groups excluding carboxylic acids is 1. The van der Waals surface area contributed by atoms with Crippen molar-refractivity contribution in [1.29, 1.82) is 0 Å². The predicted molar refractivity (Wildman–Crippen MR) is 188 cm³/mol. The van der Waals surface area contributed by atoms with Crippen molar-refractivity contribution in [1.82, 2.24) is 4.90 Å². The molecule has 232 valence electrons. The van der Waals surface area contributed by atoms with Crippen LogP contribution in [-0.4, -0.2) is 29.8 Å². The van der Waals surface area contributed by atoms with Crippen LogP contribution in [0.2, 0.25) is 0 Å². The number of likely N-dealkylation sites (tertiary alicyclic amines) is 1. The smallest absolute Gasteiger partial charge is 0.136 e. The molecule has 0 N–H and O–H groups in total. The Hall–Kier alpha value is -2.97. The molecule has 1 saturated heterocycles. The van der Waals surface area contributed by atoms with Gasteiger partial charge in [-0.05, 0) is 106 Å². The Bertz CT molecular complexity index is 1270. The fourth-order valence-corrected chi connectivity index (χ4v) is 6.98. The molecule has 43 heavy (non-hydrogen) atoms. The Labute approximate surface area is 263 Å². The maximum Gasteiger partial charge on any atom is 0.136 e. The number of ketones is 1. The van der Waals surface area contributed by atoms with Crippen LogP contribution in [0.25, 0.3) is 6.08 Å². The van der Waals surface area contributed by atoms with Crippen LogP contribution >= 0.6 is 0 Å². The molecule has 2 aromatic carbocycles. The van der Waals surface area contributed by atoms with Crippen molar-refractivity contribution in [3.8, 4) is 0 Å². The molecule has 1 aliphatic heterocycles. The lowest BCUT2D eigenvalue weighted by molar-refractivity contribution is -0.124. The van der Waals surface area contributed by atoms with Gasteiger partial charge in [-0.25, -0.2) is 0 Å². The minimum absolute atomic E-state index is 0.235. The van der Waals surface area contributed by atoms with Gasteiger partial charge in [0.25, 0.3) is 0 Å². The maximum absolute atomic E-state index is 13.1. The van der Waals surface area contributed by atoms with E-state index in [2.05, 4.69) is 113 Å². The van der Waals surface area contributed by atoms with E-state index in [0.29, 0.717) is 23.7 Å². The normalized spacial score (nSPS) is 19.4. The molecule has 3 aliphatic rings. The van der Waals surface area contributed by atoms with E-state index in [9.17, 15) is 4.79 Å². The van der Waals surface area contributed by atoms with Crippen LogP contribution in [0.1, 0.15) is 108 Å². The van der Waals surface area contributed by atoms with Crippen LogP contribution in [0.15, 0.2) is 90.6 Å². The van der Waals surface area contributed by atoms with Gasteiger partial charge in [-0.3, -0.25) is 9.69 Å². The van der Waals surface area contributed by atoms with Crippen LogP contribution in [0.4, 0.5) is 0 Å². The molecular weight excluding hydrogens is 522 g/mol. The standard InChI is InChI=1S/C37H47NO.C2H6.C2H4/c1-26(2)23-33-11-7-8-12-34(33)36-25-32-10-6-5-9-31(32)24-35(36)28(4)38-21-19-30(20-22-38)37(39)18-17-29-15-13-27(3)14-16-29;2*1-2/h5-13,15,24,26,28,30,36H,14,16-23,25H2,1-4H3;1-2H3;1-2H2. The lowest BCUT2D eigenvalue weighted by atomic mass is 9.74. The zero-order valence-electron chi connectivity index (χ0n) is 28.0. The van der Waals surface area contributed by atoms with Crippen molar-refractivity contribution in [2.75, 3.05) is 13.1 Å². The maximum atomic E-state index is 13.1. The van der Waals surface area contributed by atoms with Crippen molar-refractivity contribution in [3.05, 3.63) is 113 Å². The summed E-state index contributed by atoms with van der Waals surface area (Å²) in [6.45, 7) is 21.3. The zero-order chi connectivity index (χ0) is 31.4. The highest BCUT2D eigenvalue weighted by Crippen LogP contribution is 2.41. The lowest BCUT2D eigenvalue weighted by Gasteiger charge is -2.40. The van der Waals surface area contributed by atoms with Crippen LogP contribution < -0.4 is 0 Å². The van der Waals surface area contributed by atoms with E-state index >= 15 is 0 Å². The van der Waals surface area contributed by atoms with E-state index in [-0.39, 0.29) is 5.92 Å². The molecular formula is C41H57NO. The van der Waals surface area contributed by atoms with Gasteiger partial charge < -0.3 is 0 Å². The Balaban J connectivity index is 0.00000121. The molecule has 0 aromatic heterocycles. The average molecular weight is 580 g/mol. The Morgan fingerprint density at radius 2 is 1.60 bits per heavy atom. The van der Waals surface area contributed by atoms with Gasteiger partial charge >= 0.3 is 0 Å². The number of benzene rings is 2. The third-order valence-corrected chi connectivity index (χ3v) is 9.41. The number of carbonyl (C=O) groups is 1. The summed E-state index contributed by atoms with van der Waals surface area (Å²) in [5.41, 5.74) is 10.3. The van der Waals surface area contributed by atoms with Gasteiger partial charge in [0, 0.05) is 24.3 Å². The van der Waals surface area contributed by atoms with Gasteiger partial charge in [0.2, 0.25) is 0 Å². The summed E-state index contributed by atoms with van der Waals surface area (Å²) in [5.74, 6) is 1.77. The minimum Gasteiger partial charge on any atom is -0.299 e. The van der Waals surface area contributed by atoms with Crippen LogP contribution in [-0.2, 0) is 17.6 Å². The van der Waals surface area contributed by atoms with E-state index in [1.54, 1.807) is 5.57 Å². The number of rotatable bonds is 9. The molecule has 1 fully saturated rings. The first-order valence-corrected chi connectivity index (χ1v) is 16.9. The average Bonchev–Trinajstić information content (AvgIpc) is 3.05. The van der Waals surface area contributed by atoms with E-state index in [0.717, 1.165) is 64.5 Å². The highest BCUT2D eigenvalue weighted by atomic mass is 16.1. The van der Waals surface area contributed by atoms with Gasteiger partial charge in [0.15, 0.2) is 0 Å². The van der Waals surface area contributed by atoms with E-state index in [4.69, 9.17) is 0 Å². The van der Waals surface area contributed by atoms with Crippen LogP contribution in [0.5, 0.6) is 0 Å². The Morgan fingerprint density at radius 1 is 0.930 bits per heavy atom. The molecule has 2 heteroatoms. The third-order valence-electron chi connectivity index (χ3n) is 9.41. The van der Waals surface area contributed by atoms with E-state index < -0.39 is 0 Å². The number of hydrogen-bond acceptors (Lipinski definition) is 2. The summed E-state index contributed by atoms with van der Waals surface area (Å²) in [7, 11) is 0. The quantitative estimate of drug-likeness (QED) is 0.275.